The fourth-order valence-corrected chi connectivity index (χ4v) is 5.25. The number of carbonyl (C=O) groups is 1. The van der Waals surface area contributed by atoms with Gasteiger partial charge in [0.05, 0.1) is 19.8 Å². The van der Waals surface area contributed by atoms with E-state index in [4.69, 9.17) is 28.8 Å². The van der Waals surface area contributed by atoms with Gasteiger partial charge in [0.25, 0.3) is 0 Å². The first-order valence-electron chi connectivity index (χ1n) is 13.5. The van der Waals surface area contributed by atoms with Crippen molar-refractivity contribution in [2.24, 2.45) is 5.92 Å². The van der Waals surface area contributed by atoms with Crippen molar-refractivity contribution in [3.8, 4) is 22.6 Å². The van der Waals surface area contributed by atoms with Crippen molar-refractivity contribution in [1.29, 1.82) is 0 Å². The fourth-order valence-electron chi connectivity index (χ4n) is 5.25. The lowest BCUT2D eigenvalue weighted by Crippen LogP contribution is -2.49. The highest BCUT2D eigenvalue weighted by Crippen LogP contribution is 2.35. The molecule has 0 aliphatic carbocycles. The van der Waals surface area contributed by atoms with Crippen molar-refractivity contribution in [3.63, 3.8) is 0 Å². The zero-order valence-corrected chi connectivity index (χ0v) is 22.6. The second-order valence-electron chi connectivity index (χ2n) is 10.5. The molecule has 0 atom stereocenters. The van der Waals surface area contributed by atoms with Gasteiger partial charge < -0.3 is 28.8 Å². The number of carboxylic acid groups (broad SMARTS) is 1. The predicted octanol–water partition coefficient (Wildman–Crippen LogP) is 5.68. The summed E-state index contributed by atoms with van der Waals surface area (Å²) in [7, 11) is 0. The SMILES string of the molecule is Cc1cc(OCC2CCOCC2)cc(C)c1-c1cccc(COc2ccc(C3(OCC(=O)O)COC3)cc2)c1. The van der Waals surface area contributed by atoms with E-state index in [0.717, 1.165) is 60.9 Å². The predicted molar refractivity (Wildman–Crippen MR) is 147 cm³/mol. The summed E-state index contributed by atoms with van der Waals surface area (Å²) < 4.78 is 28.6. The monoisotopic (exact) mass is 532 g/mol. The van der Waals surface area contributed by atoms with Gasteiger partial charge >= 0.3 is 5.97 Å². The minimum absolute atomic E-state index is 0.342. The first kappa shape index (κ1) is 27.2. The number of ether oxygens (including phenoxy) is 5. The van der Waals surface area contributed by atoms with Gasteiger partial charge in [-0.05, 0) is 96.3 Å². The standard InChI is InChI=1S/C32H36O7/c1-22-14-29(38-17-24-10-12-35-13-11-24)15-23(2)31(22)26-5-3-4-25(16-26)18-37-28-8-6-27(7-9-28)32(20-36-21-32)39-19-30(33)34/h3-9,14-16,24H,10-13,17-21H2,1-2H3,(H,33,34). The summed E-state index contributed by atoms with van der Waals surface area (Å²) in [5.74, 6) is 1.22. The highest BCUT2D eigenvalue weighted by molar-refractivity contribution is 5.72. The average Bonchev–Trinajstić information content (AvgIpc) is 2.91. The van der Waals surface area contributed by atoms with Gasteiger partial charge in [-0.2, -0.15) is 0 Å². The molecule has 39 heavy (non-hydrogen) atoms. The van der Waals surface area contributed by atoms with Gasteiger partial charge in [0.1, 0.15) is 30.3 Å². The lowest BCUT2D eigenvalue weighted by Gasteiger charge is -2.41. The van der Waals surface area contributed by atoms with Crippen molar-refractivity contribution in [2.75, 3.05) is 39.6 Å². The first-order valence-corrected chi connectivity index (χ1v) is 13.5. The quantitative estimate of drug-likeness (QED) is 0.340. The van der Waals surface area contributed by atoms with Gasteiger partial charge in [-0.15, -0.1) is 0 Å². The molecule has 5 rings (SSSR count). The Kier molecular flexibility index (Phi) is 8.50. The maximum absolute atomic E-state index is 10.9. The Morgan fingerprint density at radius 3 is 2.28 bits per heavy atom. The van der Waals surface area contributed by atoms with Crippen molar-refractivity contribution >= 4 is 5.97 Å². The van der Waals surface area contributed by atoms with E-state index in [1.807, 2.05) is 24.3 Å². The van der Waals surface area contributed by atoms with Crippen molar-refractivity contribution < 1.29 is 33.6 Å². The lowest BCUT2D eigenvalue weighted by molar-refractivity contribution is -0.220. The van der Waals surface area contributed by atoms with E-state index in [-0.39, 0.29) is 6.61 Å². The average molecular weight is 533 g/mol. The lowest BCUT2D eigenvalue weighted by atomic mass is 9.91. The summed E-state index contributed by atoms with van der Waals surface area (Å²) in [6.45, 7) is 7.42. The summed E-state index contributed by atoms with van der Waals surface area (Å²) in [6.07, 6.45) is 2.12. The van der Waals surface area contributed by atoms with E-state index in [9.17, 15) is 4.79 Å². The van der Waals surface area contributed by atoms with E-state index in [0.29, 0.717) is 25.7 Å². The van der Waals surface area contributed by atoms with Crippen LogP contribution in [0.2, 0.25) is 0 Å². The van der Waals surface area contributed by atoms with Crippen molar-refractivity contribution in [2.45, 2.75) is 38.9 Å². The third kappa shape index (κ3) is 6.61. The summed E-state index contributed by atoms with van der Waals surface area (Å²) in [5, 5.41) is 8.97. The number of hydrogen-bond acceptors (Lipinski definition) is 6. The number of carboxylic acids is 1. The Bertz CT molecular complexity index is 1250. The van der Waals surface area contributed by atoms with Crippen LogP contribution >= 0.6 is 0 Å². The van der Waals surface area contributed by atoms with Gasteiger partial charge in [0, 0.05) is 13.2 Å². The summed E-state index contributed by atoms with van der Waals surface area (Å²) in [5.41, 5.74) is 5.99. The molecule has 2 heterocycles. The normalized spacial score (nSPS) is 16.9. The zero-order valence-electron chi connectivity index (χ0n) is 22.6. The molecule has 0 saturated carbocycles. The second kappa shape index (κ2) is 12.2. The van der Waals surface area contributed by atoms with Gasteiger partial charge in [-0.1, -0.05) is 30.3 Å². The maximum Gasteiger partial charge on any atom is 0.329 e. The minimum Gasteiger partial charge on any atom is -0.493 e. The van der Waals surface area contributed by atoms with Crippen LogP contribution in [0.25, 0.3) is 11.1 Å². The molecule has 0 aromatic heterocycles. The number of hydrogen-bond donors (Lipinski definition) is 1. The Morgan fingerprint density at radius 1 is 0.923 bits per heavy atom. The van der Waals surface area contributed by atoms with Crippen LogP contribution in [0.5, 0.6) is 11.5 Å². The molecular formula is C32H36O7. The second-order valence-corrected chi connectivity index (χ2v) is 10.5. The molecule has 7 heteroatoms. The smallest absolute Gasteiger partial charge is 0.329 e. The van der Waals surface area contributed by atoms with Crippen LogP contribution in [-0.4, -0.2) is 50.7 Å². The summed E-state index contributed by atoms with van der Waals surface area (Å²) in [6, 6.07) is 20.3. The van der Waals surface area contributed by atoms with Crippen LogP contribution < -0.4 is 9.47 Å². The summed E-state index contributed by atoms with van der Waals surface area (Å²) in [4.78, 5) is 10.9. The molecule has 7 nitrogen and oxygen atoms in total. The largest absolute Gasteiger partial charge is 0.493 e. The highest BCUT2D eigenvalue weighted by Gasteiger charge is 2.42. The Balaban J connectivity index is 1.22. The van der Waals surface area contributed by atoms with Crippen LogP contribution in [0.1, 0.15) is 35.1 Å². The van der Waals surface area contributed by atoms with Crippen LogP contribution in [0.15, 0.2) is 60.7 Å². The number of aryl methyl sites for hydroxylation is 2. The molecule has 2 aliphatic heterocycles. The van der Waals surface area contributed by atoms with Gasteiger partial charge in [0.15, 0.2) is 0 Å². The molecular weight excluding hydrogens is 496 g/mol. The number of benzene rings is 3. The first-order chi connectivity index (χ1) is 18.9. The zero-order chi connectivity index (χ0) is 27.2. The van der Waals surface area contributed by atoms with Crippen LogP contribution in [-0.2, 0) is 31.2 Å². The van der Waals surface area contributed by atoms with Crippen molar-refractivity contribution in [1.82, 2.24) is 0 Å². The molecule has 206 valence electrons. The molecule has 0 spiro atoms. The molecule has 0 radical (unpaired) electrons. The van der Waals surface area contributed by atoms with E-state index in [1.165, 1.54) is 16.7 Å². The maximum atomic E-state index is 10.9. The van der Waals surface area contributed by atoms with Crippen LogP contribution in [0.4, 0.5) is 0 Å². The molecule has 0 amide bonds. The van der Waals surface area contributed by atoms with E-state index >= 15 is 0 Å². The number of aliphatic carboxylic acids is 1. The molecule has 2 fully saturated rings. The molecule has 0 bridgehead atoms. The minimum atomic E-state index is -0.997. The Morgan fingerprint density at radius 2 is 1.64 bits per heavy atom. The summed E-state index contributed by atoms with van der Waals surface area (Å²) >= 11 is 0. The van der Waals surface area contributed by atoms with Crippen LogP contribution in [0, 0.1) is 19.8 Å². The van der Waals surface area contributed by atoms with E-state index < -0.39 is 11.6 Å². The number of rotatable bonds is 11. The van der Waals surface area contributed by atoms with Crippen LogP contribution in [0.3, 0.4) is 0 Å². The van der Waals surface area contributed by atoms with E-state index in [2.05, 4.69) is 50.2 Å². The van der Waals surface area contributed by atoms with Gasteiger partial charge in [0.2, 0.25) is 0 Å². The van der Waals surface area contributed by atoms with Gasteiger partial charge in [-0.3, -0.25) is 0 Å². The highest BCUT2D eigenvalue weighted by atomic mass is 16.6. The fraction of sp³-hybridized carbons (Fsp3) is 0.406. The third-order valence-electron chi connectivity index (χ3n) is 7.48. The topological polar surface area (TPSA) is 83.5 Å². The molecule has 2 aliphatic rings. The third-order valence-corrected chi connectivity index (χ3v) is 7.48. The van der Waals surface area contributed by atoms with Gasteiger partial charge in [-0.25, -0.2) is 4.79 Å². The van der Waals surface area contributed by atoms with E-state index in [1.54, 1.807) is 0 Å². The molecule has 3 aromatic rings. The van der Waals surface area contributed by atoms with Crippen molar-refractivity contribution in [3.05, 3.63) is 82.9 Å². The molecule has 3 aromatic carbocycles. The molecule has 0 unspecified atom stereocenters. The Labute approximate surface area is 229 Å². The molecule has 2 saturated heterocycles. The molecule has 1 N–H and O–H groups in total. The Hall–Kier alpha value is -3.39.